The fourth-order valence-electron chi connectivity index (χ4n) is 4.97. The third-order valence-corrected chi connectivity index (χ3v) is 6.70. The van der Waals surface area contributed by atoms with Crippen LogP contribution >= 0.6 is 0 Å². The number of amides is 2. The summed E-state index contributed by atoms with van der Waals surface area (Å²) >= 11 is 0. The molecule has 1 saturated heterocycles. The molecular weight excluding hydrogens is 368 g/mol. The van der Waals surface area contributed by atoms with Crippen LogP contribution in [0.15, 0.2) is 12.4 Å². The molecular formula is C21H28N6O2. The third-order valence-electron chi connectivity index (χ3n) is 6.70. The average Bonchev–Trinajstić information content (AvgIpc) is 3.28. The number of hydrogen-bond acceptors (Lipinski definition) is 4. The lowest BCUT2D eigenvalue weighted by atomic mass is 9.78. The maximum atomic E-state index is 13.1. The first-order valence-electron chi connectivity index (χ1n) is 10.8. The van der Waals surface area contributed by atoms with Crippen molar-refractivity contribution in [2.75, 3.05) is 19.6 Å². The lowest BCUT2D eigenvalue weighted by molar-refractivity contribution is -0.143. The van der Waals surface area contributed by atoms with Gasteiger partial charge in [-0.1, -0.05) is 13.3 Å². The molecule has 0 bridgehead atoms. The van der Waals surface area contributed by atoms with E-state index in [1.54, 1.807) is 6.33 Å². The van der Waals surface area contributed by atoms with Gasteiger partial charge in [0.15, 0.2) is 0 Å². The minimum absolute atomic E-state index is 0.0309. The summed E-state index contributed by atoms with van der Waals surface area (Å²) in [6.07, 6.45) is 7.93. The second kappa shape index (κ2) is 7.00. The molecule has 0 aromatic carbocycles. The number of H-pyrrole nitrogens is 2. The number of nitrogens with zero attached hydrogens (tertiary/aromatic N) is 4. The van der Waals surface area contributed by atoms with Gasteiger partial charge in [-0.25, -0.2) is 4.98 Å². The molecule has 2 amide bonds. The van der Waals surface area contributed by atoms with E-state index < -0.39 is 0 Å². The molecule has 3 aliphatic rings. The van der Waals surface area contributed by atoms with Gasteiger partial charge in [-0.15, -0.1) is 0 Å². The Morgan fingerprint density at radius 3 is 2.76 bits per heavy atom. The van der Waals surface area contributed by atoms with Crippen molar-refractivity contribution in [1.82, 2.24) is 30.0 Å². The molecule has 2 N–H and O–H groups in total. The summed E-state index contributed by atoms with van der Waals surface area (Å²) in [7, 11) is 0. The molecule has 1 spiro atoms. The minimum Gasteiger partial charge on any atom is -0.348 e. The molecule has 2 aromatic heterocycles. The van der Waals surface area contributed by atoms with Crippen LogP contribution in [0, 0.1) is 5.92 Å². The number of nitrogens with one attached hydrogen (secondary N) is 2. The number of hydrogen-bond donors (Lipinski definition) is 2. The fraction of sp³-hybridized carbons (Fsp3) is 0.619. The number of aromatic nitrogens is 4. The van der Waals surface area contributed by atoms with Gasteiger partial charge in [-0.3, -0.25) is 14.7 Å². The van der Waals surface area contributed by atoms with Crippen molar-refractivity contribution in [3.63, 3.8) is 0 Å². The molecule has 2 fully saturated rings. The van der Waals surface area contributed by atoms with Crippen LogP contribution in [-0.2, 0) is 23.2 Å². The molecule has 1 aliphatic carbocycles. The number of carbonyl (C=O) groups excluding carboxylic acids is 2. The number of aromatic amines is 2. The van der Waals surface area contributed by atoms with E-state index in [1.807, 2.05) is 11.0 Å². The van der Waals surface area contributed by atoms with Crippen molar-refractivity contribution < 1.29 is 9.59 Å². The van der Waals surface area contributed by atoms with E-state index in [2.05, 4.69) is 32.0 Å². The summed E-state index contributed by atoms with van der Waals surface area (Å²) in [6, 6.07) is 1.87. The normalized spacial score (nSPS) is 20.7. The number of piperidine rings is 1. The largest absolute Gasteiger partial charge is 0.348 e. The highest BCUT2D eigenvalue weighted by atomic mass is 16.2. The molecule has 154 valence electrons. The molecule has 8 heteroatoms. The van der Waals surface area contributed by atoms with Crippen molar-refractivity contribution in [2.24, 2.45) is 5.92 Å². The maximum absolute atomic E-state index is 13.1. The van der Waals surface area contributed by atoms with Crippen LogP contribution < -0.4 is 0 Å². The Labute approximate surface area is 170 Å². The summed E-state index contributed by atoms with van der Waals surface area (Å²) < 4.78 is 0. The van der Waals surface area contributed by atoms with Crippen molar-refractivity contribution in [2.45, 2.75) is 57.4 Å². The van der Waals surface area contributed by atoms with Gasteiger partial charge in [0.05, 0.1) is 17.6 Å². The van der Waals surface area contributed by atoms with Crippen LogP contribution in [-0.4, -0.2) is 61.4 Å². The van der Waals surface area contributed by atoms with Gasteiger partial charge in [-0.05, 0) is 38.2 Å². The number of imidazole rings is 1. The van der Waals surface area contributed by atoms with E-state index in [4.69, 9.17) is 0 Å². The zero-order valence-electron chi connectivity index (χ0n) is 16.9. The molecule has 0 unspecified atom stereocenters. The van der Waals surface area contributed by atoms with Gasteiger partial charge < -0.3 is 14.8 Å². The van der Waals surface area contributed by atoms with Crippen molar-refractivity contribution in [3.8, 4) is 0 Å². The summed E-state index contributed by atoms with van der Waals surface area (Å²) in [4.78, 5) is 37.9. The average molecular weight is 396 g/mol. The predicted molar refractivity (Wildman–Crippen MR) is 106 cm³/mol. The minimum atomic E-state index is -0.386. The van der Waals surface area contributed by atoms with Gasteiger partial charge in [0, 0.05) is 43.4 Å². The SMILES string of the molecule is CCCc1cc(C(=O)N2CCC3(CC2)c2nc[nH]c2CCN3C(=O)C2CC2)n[nH]1. The molecule has 2 aliphatic heterocycles. The lowest BCUT2D eigenvalue weighted by Crippen LogP contribution is -2.59. The first-order chi connectivity index (χ1) is 14.1. The smallest absolute Gasteiger partial charge is 0.274 e. The van der Waals surface area contributed by atoms with Crippen LogP contribution in [0.4, 0.5) is 0 Å². The number of aryl methyl sites for hydroxylation is 1. The Morgan fingerprint density at radius 2 is 2.03 bits per heavy atom. The summed E-state index contributed by atoms with van der Waals surface area (Å²) in [5, 5.41) is 7.19. The Balaban J connectivity index is 1.36. The first-order valence-corrected chi connectivity index (χ1v) is 10.8. The number of likely N-dealkylation sites (tertiary alicyclic amines) is 1. The van der Waals surface area contributed by atoms with E-state index in [0.717, 1.165) is 68.6 Å². The highest BCUT2D eigenvalue weighted by molar-refractivity contribution is 5.92. The van der Waals surface area contributed by atoms with E-state index in [9.17, 15) is 9.59 Å². The molecule has 2 aromatic rings. The Morgan fingerprint density at radius 1 is 1.24 bits per heavy atom. The van der Waals surface area contributed by atoms with E-state index in [-0.39, 0.29) is 23.3 Å². The summed E-state index contributed by atoms with van der Waals surface area (Å²) in [5.74, 6) is 0.430. The second-order valence-corrected chi connectivity index (χ2v) is 8.60. The lowest BCUT2D eigenvalue weighted by Gasteiger charge is -2.50. The quantitative estimate of drug-likeness (QED) is 0.826. The van der Waals surface area contributed by atoms with Gasteiger partial charge in [0.1, 0.15) is 5.69 Å². The van der Waals surface area contributed by atoms with Gasteiger partial charge >= 0.3 is 0 Å². The standard InChI is InChI=1S/C21H28N6O2/c1-2-3-15-12-17(25-24-15)20(29)26-10-7-21(8-11-26)18-16(22-13-23-18)6-9-27(21)19(28)14-4-5-14/h12-14H,2-11H2,1H3,(H,22,23)(H,24,25). The van der Waals surface area contributed by atoms with Gasteiger partial charge in [0.2, 0.25) is 5.91 Å². The van der Waals surface area contributed by atoms with Crippen LogP contribution in [0.1, 0.15) is 66.6 Å². The molecule has 1 saturated carbocycles. The molecule has 0 atom stereocenters. The van der Waals surface area contributed by atoms with Crippen LogP contribution in [0.25, 0.3) is 0 Å². The van der Waals surface area contributed by atoms with Gasteiger partial charge in [-0.2, -0.15) is 5.10 Å². The fourth-order valence-corrected chi connectivity index (χ4v) is 4.97. The van der Waals surface area contributed by atoms with Crippen molar-refractivity contribution in [3.05, 3.63) is 35.2 Å². The third kappa shape index (κ3) is 3.05. The van der Waals surface area contributed by atoms with Crippen LogP contribution in [0.2, 0.25) is 0 Å². The molecule has 8 nitrogen and oxygen atoms in total. The topological polar surface area (TPSA) is 98.0 Å². The van der Waals surface area contributed by atoms with E-state index in [0.29, 0.717) is 18.8 Å². The molecule has 5 rings (SSSR count). The van der Waals surface area contributed by atoms with Crippen molar-refractivity contribution >= 4 is 11.8 Å². The zero-order valence-corrected chi connectivity index (χ0v) is 16.9. The summed E-state index contributed by atoms with van der Waals surface area (Å²) in [5.41, 5.74) is 3.25. The zero-order chi connectivity index (χ0) is 20.0. The second-order valence-electron chi connectivity index (χ2n) is 8.60. The number of rotatable bonds is 4. The molecule has 0 radical (unpaired) electrons. The first kappa shape index (κ1) is 18.4. The van der Waals surface area contributed by atoms with Crippen molar-refractivity contribution in [1.29, 1.82) is 0 Å². The van der Waals surface area contributed by atoms with Gasteiger partial charge in [0.25, 0.3) is 5.91 Å². The molecule has 29 heavy (non-hydrogen) atoms. The molecule has 4 heterocycles. The predicted octanol–water partition coefficient (Wildman–Crippen LogP) is 2.01. The Bertz CT molecular complexity index is 919. The van der Waals surface area contributed by atoms with Crippen LogP contribution in [0.3, 0.4) is 0 Å². The van der Waals surface area contributed by atoms with E-state index in [1.165, 1.54) is 0 Å². The highest BCUT2D eigenvalue weighted by Gasteiger charge is 2.51. The Kier molecular flexibility index (Phi) is 4.44. The number of fused-ring (bicyclic) bond motifs is 2. The highest BCUT2D eigenvalue weighted by Crippen LogP contribution is 2.45. The summed E-state index contributed by atoms with van der Waals surface area (Å²) in [6.45, 7) is 4.05. The Hall–Kier alpha value is -2.64. The van der Waals surface area contributed by atoms with E-state index >= 15 is 0 Å². The number of carbonyl (C=O) groups is 2. The van der Waals surface area contributed by atoms with Crippen LogP contribution in [0.5, 0.6) is 0 Å². The monoisotopic (exact) mass is 396 g/mol. The maximum Gasteiger partial charge on any atom is 0.274 e.